The molecule has 1 aliphatic rings. The molecule has 3 aromatic rings. The summed E-state index contributed by atoms with van der Waals surface area (Å²) in [5.41, 5.74) is 0.954. The maximum absolute atomic E-state index is 13.9. The number of halogens is 1. The van der Waals surface area contributed by atoms with Gasteiger partial charge in [0.05, 0.1) is 10.6 Å². The van der Waals surface area contributed by atoms with Gasteiger partial charge in [-0.2, -0.15) is 0 Å². The number of carbonyl (C=O) groups excluding carboxylic acids is 2. The van der Waals surface area contributed by atoms with E-state index in [9.17, 15) is 22.4 Å². The van der Waals surface area contributed by atoms with Gasteiger partial charge in [0.25, 0.3) is 10.0 Å². The third kappa shape index (κ3) is 7.23. The molecule has 0 bridgehead atoms. The van der Waals surface area contributed by atoms with E-state index in [4.69, 9.17) is 0 Å². The van der Waals surface area contributed by atoms with Gasteiger partial charge in [-0.1, -0.05) is 67.8 Å². The number of rotatable bonds is 10. The number of nitrogens with one attached hydrogen (secondary N) is 1. The van der Waals surface area contributed by atoms with Crippen LogP contribution < -0.4 is 9.62 Å². The highest BCUT2D eigenvalue weighted by atomic mass is 32.2. The Labute approximate surface area is 229 Å². The van der Waals surface area contributed by atoms with Crippen molar-refractivity contribution in [1.29, 1.82) is 0 Å². The maximum atomic E-state index is 13.9. The molecule has 1 fully saturated rings. The van der Waals surface area contributed by atoms with Gasteiger partial charge in [0, 0.05) is 12.6 Å². The summed E-state index contributed by atoms with van der Waals surface area (Å²) in [6.45, 7) is 1.15. The average molecular weight is 552 g/mol. The van der Waals surface area contributed by atoms with Crippen LogP contribution in [-0.4, -0.2) is 43.8 Å². The van der Waals surface area contributed by atoms with E-state index in [-0.39, 0.29) is 23.4 Å². The molecule has 7 nitrogen and oxygen atoms in total. The predicted octanol–water partition coefficient (Wildman–Crippen LogP) is 4.89. The van der Waals surface area contributed by atoms with Gasteiger partial charge in [0.1, 0.15) is 18.4 Å². The Hall–Kier alpha value is -3.72. The van der Waals surface area contributed by atoms with Crippen molar-refractivity contribution in [1.82, 2.24) is 10.2 Å². The number of hydrogen-bond donors (Lipinski definition) is 1. The monoisotopic (exact) mass is 551 g/mol. The number of anilines is 1. The standard InChI is InChI=1S/C30H34FN3O4S/c1-23(30(36)32-26-11-5-2-6-12-26)33(21-24-17-19-25(31)20-18-24)29(35)22-34(27-13-7-3-8-14-27)39(37,38)28-15-9-4-10-16-28/h3-4,7-10,13-20,23,26H,2,5-6,11-12,21-22H2,1H3,(H,32,36)/t23-/m1/s1. The summed E-state index contributed by atoms with van der Waals surface area (Å²) < 4.78 is 42.0. The van der Waals surface area contributed by atoms with E-state index in [0.29, 0.717) is 11.3 Å². The van der Waals surface area contributed by atoms with Crippen LogP contribution >= 0.6 is 0 Å². The normalized spacial score (nSPS) is 14.8. The number of amides is 2. The fourth-order valence-electron chi connectivity index (χ4n) is 4.78. The van der Waals surface area contributed by atoms with E-state index >= 15 is 0 Å². The molecule has 0 spiro atoms. The molecule has 0 unspecified atom stereocenters. The summed E-state index contributed by atoms with van der Waals surface area (Å²) in [6.07, 6.45) is 5.01. The van der Waals surface area contributed by atoms with Crippen molar-refractivity contribution in [3.8, 4) is 0 Å². The lowest BCUT2D eigenvalue weighted by Gasteiger charge is -2.33. The van der Waals surface area contributed by atoms with Crippen LogP contribution in [0.15, 0.2) is 89.8 Å². The molecule has 39 heavy (non-hydrogen) atoms. The summed E-state index contributed by atoms with van der Waals surface area (Å²) in [5.74, 6) is -1.26. The average Bonchev–Trinajstić information content (AvgIpc) is 2.96. The van der Waals surface area contributed by atoms with Crippen LogP contribution in [0.3, 0.4) is 0 Å². The van der Waals surface area contributed by atoms with Crippen molar-refractivity contribution in [3.05, 3.63) is 96.3 Å². The molecule has 2 amide bonds. The van der Waals surface area contributed by atoms with Gasteiger partial charge in [-0.15, -0.1) is 0 Å². The second kappa shape index (κ2) is 12.9. The van der Waals surface area contributed by atoms with Crippen LogP contribution in [0, 0.1) is 5.82 Å². The van der Waals surface area contributed by atoms with Gasteiger partial charge in [0.2, 0.25) is 11.8 Å². The van der Waals surface area contributed by atoms with Crippen LogP contribution in [0.25, 0.3) is 0 Å². The number of hydrogen-bond acceptors (Lipinski definition) is 4. The van der Waals surface area contributed by atoms with E-state index in [2.05, 4.69) is 5.32 Å². The zero-order valence-electron chi connectivity index (χ0n) is 22.0. The summed E-state index contributed by atoms with van der Waals surface area (Å²) >= 11 is 0. The molecule has 9 heteroatoms. The largest absolute Gasteiger partial charge is 0.352 e. The van der Waals surface area contributed by atoms with E-state index in [0.717, 1.165) is 36.4 Å². The lowest BCUT2D eigenvalue weighted by atomic mass is 9.95. The van der Waals surface area contributed by atoms with E-state index in [1.54, 1.807) is 67.6 Å². The minimum absolute atomic E-state index is 0.0202. The number of sulfonamides is 1. The highest BCUT2D eigenvalue weighted by molar-refractivity contribution is 7.92. The minimum atomic E-state index is -4.09. The van der Waals surface area contributed by atoms with Crippen LogP contribution in [0.1, 0.15) is 44.6 Å². The Bertz CT molecular complexity index is 1350. The second-order valence-electron chi connectivity index (χ2n) is 9.83. The summed E-state index contributed by atoms with van der Waals surface area (Å²) in [4.78, 5) is 28.6. The summed E-state index contributed by atoms with van der Waals surface area (Å²) in [6, 6.07) is 21.2. The van der Waals surface area contributed by atoms with Crippen LogP contribution in [0.4, 0.5) is 10.1 Å². The van der Waals surface area contributed by atoms with Crippen LogP contribution in [0.2, 0.25) is 0 Å². The fourth-order valence-corrected chi connectivity index (χ4v) is 6.22. The molecule has 4 rings (SSSR count). The molecule has 1 atom stereocenters. The van der Waals surface area contributed by atoms with Crippen molar-refractivity contribution in [3.63, 3.8) is 0 Å². The minimum Gasteiger partial charge on any atom is -0.352 e. The number of nitrogens with zero attached hydrogens (tertiary/aromatic N) is 2. The fraction of sp³-hybridized carbons (Fsp3) is 0.333. The van der Waals surface area contributed by atoms with Gasteiger partial charge in [0.15, 0.2) is 0 Å². The van der Waals surface area contributed by atoms with Crippen LogP contribution in [-0.2, 0) is 26.2 Å². The lowest BCUT2D eigenvalue weighted by Crippen LogP contribution is -2.53. The van der Waals surface area contributed by atoms with Crippen molar-refractivity contribution in [2.75, 3.05) is 10.8 Å². The first-order valence-corrected chi connectivity index (χ1v) is 14.7. The molecule has 1 N–H and O–H groups in total. The lowest BCUT2D eigenvalue weighted by molar-refractivity contribution is -0.139. The zero-order chi connectivity index (χ0) is 27.8. The van der Waals surface area contributed by atoms with E-state index in [1.165, 1.54) is 29.2 Å². The first-order valence-electron chi connectivity index (χ1n) is 13.2. The number of carbonyl (C=O) groups is 2. The predicted molar refractivity (Wildman–Crippen MR) is 149 cm³/mol. The Morgan fingerprint density at radius 3 is 2.10 bits per heavy atom. The van der Waals surface area contributed by atoms with Gasteiger partial charge in [-0.05, 0) is 61.7 Å². The number of benzene rings is 3. The first-order chi connectivity index (χ1) is 18.8. The van der Waals surface area contributed by atoms with Gasteiger partial charge in [-0.3, -0.25) is 13.9 Å². The van der Waals surface area contributed by atoms with Crippen molar-refractivity contribution < 1.29 is 22.4 Å². The molecule has 1 saturated carbocycles. The quantitative estimate of drug-likeness (QED) is 0.389. The van der Waals surface area contributed by atoms with E-state index in [1.807, 2.05) is 0 Å². The summed E-state index contributed by atoms with van der Waals surface area (Å²) in [7, 11) is -4.09. The van der Waals surface area contributed by atoms with Gasteiger partial charge < -0.3 is 10.2 Å². The Morgan fingerprint density at radius 2 is 1.49 bits per heavy atom. The molecule has 0 aromatic heterocycles. The van der Waals surface area contributed by atoms with E-state index < -0.39 is 34.3 Å². The SMILES string of the molecule is C[C@H](C(=O)NC1CCCCC1)N(Cc1ccc(F)cc1)C(=O)CN(c1ccccc1)S(=O)(=O)c1ccccc1. The molecule has 206 valence electrons. The third-order valence-electron chi connectivity index (χ3n) is 7.04. The molecule has 0 radical (unpaired) electrons. The van der Waals surface area contributed by atoms with Crippen LogP contribution in [0.5, 0.6) is 0 Å². The van der Waals surface area contributed by atoms with Crippen molar-refractivity contribution >= 4 is 27.5 Å². The second-order valence-corrected chi connectivity index (χ2v) is 11.7. The molecule has 0 saturated heterocycles. The van der Waals surface area contributed by atoms with Crippen molar-refractivity contribution in [2.45, 2.75) is 62.6 Å². The Balaban J connectivity index is 1.64. The topological polar surface area (TPSA) is 86.8 Å². The molecule has 1 aliphatic carbocycles. The number of para-hydroxylation sites is 1. The Kier molecular flexibility index (Phi) is 9.35. The molecule has 0 aliphatic heterocycles. The molecule has 0 heterocycles. The zero-order valence-corrected chi connectivity index (χ0v) is 22.8. The summed E-state index contributed by atoms with van der Waals surface area (Å²) in [5, 5.41) is 3.07. The maximum Gasteiger partial charge on any atom is 0.264 e. The molecular weight excluding hydrogens is 517 g/mol. The van der Waals surface area contributed by atoms with Gasteiger partial charge >= 0.3 is 0 Å². The third-order valence-corrected chi connectivity index (χ3v) is 8.83. The van der Waals surface area contributed by atoms with Crippen molar-refractivity contribution in [2.24, 2.45) is 0 Å². The molecule has 3 aromatic carbocycles. The Morgan fingerprint density at radius 1 is 0.897 bits per heavy atom. The van der Waals surface area contributed by atoms with Gasteiger partial charge in [-0.25, -0.2) is 12.8 Å². The molecular formula is C30H34FN3O4S. The highest BCUT2D eigenvalue weighted by Crippen LogP contribution is 2.24. The highest BCUT2D eigenvalue weighted by Gasteiger charge is 2.33. The smallest absolute Gasteiger partial charge is 0.264 e. The first kappa shape index (κ1) is 28.3.